The van der Waals surface area contributed by atoms with Gasteiger partial charge in [-0.15, -0.1) is 0 Å². The van der Waals surface area contributed by atoms with Crippen molar-refractivity contribution < 1.29 is 14.3 Å². The van der Waals surface area contributed by atoms with Crippen molar-refractivity contribution in [3.63, 3.8) is 0 Å². The zero-order chi connectivity index (χ0) is 27.1. The van der Waals surface area contributed by atoms with Crippen molar-refractivity contribution in [2.75, 3.05) is 13.2 Å². The SMILES string of the molecule is CCOc1ccc(-n2c([C@@H](CNC(=O)OC(C)(C)C)NCc3cccnc3)nc3ccccc3c2=O)cc1. The number of carbonyl (C=O) groups is 1. The zero-order valence-corrected chi connectivity index (χ0v) is 22.1. The van der Waals surface area contributed by atoms with Gasteiger partial charge in [0.05, 0.1) is 29.2 Å². The molecule has 0 saturated carbocycles. The monoisotopic (exact) mass is 515 g/mol. The van der Waals surface area contributed by atoms with Gasteiger partial charge in [0.15, 0.2) is 0 Å². The average Bonchev–Trinajstić information content (AvgIpc) is 2.89. The largest absolute Gasteiger partial charge is 0.494 e. The molecule has 0 saturated heterocycles. The summed E-state index contributed by atoms with van der Waals surface area (Å²) in [6, 6.07) is 17.8. The zero-order valence-electron chi connectivity index (χ0n) is 22.1. The fraction of sp³-hybridized carbons (Fsp3) is 0.310. The average molecular weight is 516 g/mol. The molecular formula is C29H33N5O4. The standard InChI is InChI=1S/C29H33N5O4/c1-5-37-22-14-12-21(13-15-22)34-26(33-24-11-7-6-10-23(24)27(34)35)25(19-32-28(36)38-29(2,3)4)31-18-20-9-8-16-30-17-20/h6-17,25,31H,5,18-19H2,1-4H3,(H,32,36)/t25-/m1/s1. The van der Waals surface area contributed by atoms with Crippen LogP contribution in [0, 0.1) is 0 Å². The minimum Gasteiger partial charge on any atom is -0.494 e. The topological polar surface area (TPSA) is 107 Å². The summed E-state index contributed by atoms with van der Waals surface area (Å²) in [7, 11) is 0. The molecule has 9 nitrogen and oxygen atoms in total. The molecule has 0 aliphatic carbocycles. The number of benzene rings is 2. The van der Waals surface area contributed by atoms with Crippen molar-refractivity contribution in [2.24, 2.45) is 0 Å². The lowest BCUT2D eigenvalue weighted by Crippen LogP contribution is -2.40. The number of fused-ring (bicyclic) bond motifs is 1. The number of aromatic nitrogens is 3. The van der Waals surface area contributed by atoms with Gasteiger partial charge >= 0.3 is 6.09 Å². The van der Waals surface area contributed by atoms with Crippen molar-refractivity contribution in [1.82, 2.24) is 25.2 Å². The minimum atomic E-state index is -0.645. The molecule has 0 radical (unpaired) electrons. The summed E-state index contributed by atoms with van der Waals surface area (Å²) in [4.78, 5) is 35.4. The van der Waals surface area contributed by atoms with E-state index in [0.717, 1.165) is 5.56 Å². The van der Waals surface area contributed by atoms with E-state index in [4.69, 9.17) is 14.5 Å². The van der Waals surface area contributed by atoms with Crippen LogP contribution in [0.4, 0.5) is 4.79 Å². The van der Waals surface area contributed by atoms with E-state index in [2.05, 4.69) is 15.6 Å². The van der Waals surface area contributed by atoms with E-state index in [1.165, 1.54) is 0 Å². The molecule has 1 atom stereocenters. The highest BCUT2D eigenvalue weighted by atomic mass is 16.6. The lowest BCUT2D eigenvalue weighted by molar-refractivity contribution is 0.0521. The summed E-state index contributed by atoms with van der Waals surface area (Å²) in [6.07, 6.45) is 2.92. The molecule has 0 aliphatic heterocycles. The van der Waals surface area contributed by atoms with Crippen LogP contribution in [-0.4, -0.2) is 39.4 Å². The van der Waals surface area contributed by atoms with Crippen molar-refractivity contribution in [3.05, 3.63) is 94.8 Å². The molecule has 0 spiro atoms. The third-order valence-corrected chi connectivity index (χ3v) is 5.64. The number of para-hydroxylation sites is 1. The third kappa shape index (κ3) is 6.74. The Kier molecular flexibility index (Phi) is 8.38. The summed E-state index contributed by atoms with van der Waals surface area (Å²) in [5.74, 6) is 1.16. The number of hydrogen-bond donors (Lipinski definition) is 2. The van der Waals surface area contributed by atoms with E-state index in [1.807, 2.05) is 61.5 Å². The molecule has 1 amide bonds. The predicted molar refractivity (Wildman–Crippen MR) is 147 cm³/mol. The predicted octanol–water partition coefficient (Wildman–Crippen LogP) is 4.54. The first-order valence-electron chi connectivity index (χ1n) is 12.6. The smallest absolute Gasteiger partial charge is 0.407 e. The molecule has 9 heteroatoms. The first-order chi connectivity index (χ1) is 18.2. The molecule has 2 N–H and O–H groups in total. The van der Waals surface area contributed by atoms with Gasteiger partial charge in [-0.1, -0.05) is 18.2 Å². The molecule has 198 valence electrons. The van der Waals surface area contributed by atoms with Gasteiger partial charge in [0.2, 0.25) is 0 Å². The van der Waals surface area contributed by atoms with Crippen LogP contribution in [0.2, 0.25) is 0 Å². The van der Waals surface area contributed by atoms with Crippen LogP contribution in [-0.2, 0) is 11.3 Å². The number of alkyl carbamates (subject to hydrolysis) is 1. The number of amides is 1. The Morgan fingerprint density at radius 2 is 1.82 bits per heavy atom. The van der Waals surface area contributed by atoms with E-state index in [0.29, 0.717) is 41.3 Å². The summed E-state index contributed by atoms with van der Waals surface area (Å²) < 4.78 is 12.6. The maximum absolute atomic E-state index is 13.8. The van der Waals surface area contributed by atoms with Gasteiger partial charge in [0.1, 0.15) is 17.2 Å². The summed E-state index contributed by atoms with van der Waals surface area (Å²) in [5.41, 5.74) is 1.30. The molecule has 2 aromatic carbocycles. The van der Waals surface area contributed by atoms with Gasteiger partial charge in [-0.2, -0.15) is 0 Å². The van der Waals surface area contributed by atoms with Crippen LogP contribution in [0.25, 0.3) is 16.6 Å². The van der Waals surface area contributed by atoms with Gasteiger partial charge in [-0.05, 0) is 75.7 Å². The fourth-order valence-corrected chi connectivity index (χ4v) is 3.99. The number of ether oxygens (including phenoxy) is 2. The van der Waals surface area contributed by atoms with E-state index in [9.17, 15) is 9.59 Å². The first kappa shape index (κ1) is 26.8. The van der Waals surface area contributed by atoms with E-state index >= 15 is 0 Å². The Balaban J connectivity index is 1.78. The van der Waals surface area contributed by atoms with E-state index in [1.54, 1.807) is 43.8 Å². The maximum Gasteiger partial charge on any atom is 0.407 e. The molecule has 0 aliphatic rings. The Morgan fingerprint density at radius 1 is 1.05 bits per heavy atom. The van der Waals surface area contributed by atoms with E-state index < -0.39 is 17.7 Å². The van der Waals surface area contributed by atoms with Gasteiger partial charge in [-0.3, -0.25) is 14.3 Å². The quantitative estimate of drug-likeness (QED) is 0.337. The summed E-state index contributed by atoms with van der Waals surface area (Å²) in [5, 5.41) is 6.78. The molecular weight excluding hydrogens is 482 g/mol. The van der Waals surface area contributed by atoms with Crippen molar-refractivity contribution in [3.8, 4) is 11.4 Å². The number of hydrogen-bond acceptors (Lipinski definition) is 7. The van der Waals surface area contributed by atoms with Crippen LogP contribution in [0.1, 0.15) is 45.1 Å². The second-order valence-corrected chi connectivity index (χ2v) is 9.73. The Hall–Kier alpha value is -4.24. The van der Waals surface area contributed by atoms with Gasteiger partial charge in [0, 0.05) is 25.5 Å². The Morgan fingerprint density at radius 3 is 2.50 bits per heavy atom. The van der Waals surface area contributed by atoms with Crippen LogP contribution in [0.3, 0.4) is 0 Å². The maximum atomic E-state index is 13.8. The fourth-order valence-electron chi connectivity index (χ4n) is 3.99. The second-order valence-electron chi connectivity index (χ2n) is 9.73. The molecule has 38 heavy (non-hydrogen) atoms. The third-order valence-electron chi connectivity index (χ3n) is 5.64. The van der Waals surface area contributed by atoms with Crippen molar-refractivity contribution in [2.45, 2.75) is 45.9 Å². The molecule has 2 heterocycles. The molecule has 4 aromatic rings. The second kappa shape index (κ2) is 11.9. The van der Waals surface area contributed by atoms with Crippen LogP contribution in [0.5, 0.6) is 5.75 Å². The number of pyridine rings is 1. The summed E-state index contributed by atoms with van der Waals surface area (Å²) >= 11 is 0. The van der Waals surface area contributed by atoms with Crippen molar-refractivity contribution >= 4 is 17.0 Å². The number of nitrogens with zero attached hydrogens (tertiary/aromatic N) is 3. The molecule has 0 bridgehead atoms. The highest BCUT2D eigenvalue weighted by molar-refractivity contribution is 5.78. The van der Waals surface area contributed by atoms with Gasteiger partial charge in [0.25, 0.3) is 5.56 Å². The first-order valence-corrected chi connectivity index (χ1v) is 12.6. The highest BCUT2D eigenvalue weighted by Gasteiger charge is 2.23. The molecule has 2 aromatic heterocycles. The minimum absolute atomic E-state index is 0.136. The molecule has 4 rings (SSSR count). The number of nitrogens with one attached hydrogen (secondary N) is 2. The highest BCUT2D eigenvalue weighted by Crippen LogP contribution is 2.21. The van der Waals surface area contributed by atoms with Crippen molar-refractivity contribution in [1.29, 1.82) is 0 Å². The van der Waals surface area contributed by atoms with Crippen LogP contribution in [0.15, 0.2) is 77.9 Å². The van der Waals surface area contributed by atoms with E-state index in [-0.39, 0.29) is 12.1 Å². The van der Waals surface area contributed by atoms with Gasteiger partial charge < -0.3 is 20.1 Å². The Bertz CT molecular complexity index is 1430. The number of rotatable bonds is 9. The normalized spacial score (nSPS) is 12.2. The lowest BCUT2D eigenvalue weighted by atomic mass is 10.1. The van der Waals surface area contributed by atoms with Crippen LogP contribution >= 0.6 is 0 Å². The Labute approximate surface area is 221 Å². The molecule has 0 unspecified atom stereocenters. The number of carbonyl (C=O) groups excluding carboxylic acids is 1. The molecule has 0 fully saturated rings. The van der Waals surface area contributed by atoms with Gasteiger partial charge in [-0.25, -0.2) is 9.78 Å². The lowest BCUT2D eigenvalue weighted by Gasteiger charge is -2.25. The summed E-state index contributed by atoms with van der Waals surface area (Å²) in [6.45, 7) is 8.45. The van der Waals surface area contributed by atoms with Crippen LogP contribution < -0.4 is 20.9 Å².